The number of hydrogen-bond donors (Lipinski definition) is 0. The first-order valence-electron chi connectivity index (χ1n) is 7.43. The lowest BCUT2D eigenvalue weighted by molar-refractivity contribution is -0.140. The highest BCUT2D eigenvalue weighted by Gasteiger charge is 2.55. The summed E-state index contributed by atoms with van der Waals surface area (Å²) in [5.41, 5.74) is 1.44. The third-order valence-electron chi connectivity index (χ3n) is 4.69. The van der Waals surface area contributed by atoms with Gasteiger partial charge in [-0.3, -0.25) is 9.59 Å². The number of fused-ring (bicyclic) bond motifs is 1. The van der Waals surface area contributed by atoms with Gasteiger partial charge >= 0.3 is 5.97 Å². The molecule has 0 aliphatic heterocycles. The van der Waals surface area contributed by atoms with Crippen molar-refractivity contribution in [2.45, 2.75) is 46.5 Å². The van der Waals surface area contributed by atoms with Crippen molar-refractivity contribution < 1.29 is 14.3 Å². The van der Waals surface area contributed by atoms with Gasteiger partial charge in [-0.15, -0.1) is 0 Å². The third kappa shape index (κ3) is 3.59. The Morgan fingerprint density at radius 3 is 2.85 bits per heavy atom. The van der Waals surface area contributed by atoms with Crippen LogP contribution in [0.1, 0.15) is 46.5 Å². The minimum absolute atomic E-state index is 0.191. The van der Waals surface area contributed by atoms with Crippen LogP contribution in [0.3, 0.4) is 0 Å². The van der Waals surface area contributed by atoms with Gasteiger partial charge in [0.2, 0.25) is 0 Å². The molecule has 0 aromatic carbocycles. The van der Waals surface area contributed by atoms with Crippen molar-refractivity contribution in [3.8, 4) is 0 Å². The van der Waals surface area contributed by atoms with Crippen LogP contribution in [-0.4, -0.2) is 18.4 Å². The lowest BCUT2D eigenvalue weighted by atomic mass is 10.0. The van der Waals surface area contributed by atoms with Crippen LogP contribution in [0.15, 0.2) is 23.8 Å². The summed E-state index contributed by atoms with van der Waals surface area (Å²) in [5, 5.41) is 0. The first-order valence-corrected chi connectivity index (χ1v) is 7.43. The molecule has 0 heterocycles. The predicted octanol–water partition coefficient (Wildman–Crippen LogP) is 3.45. The standard InChI is InChI=1S/C17H24O3/c1-12(18)20-11-13-5-4-6-14(19)8-10-16-15(9-7-13)17(16,2)3/h5,8,10,15-16H,4,6-7,9,11H2,1-3H3/b10-8+,13-5+/t15-,16+/m1/s1. The lowest BCUT2D eigenvalue weighted by Crippen LogP contribution is -2.04. The van der Waals surface area contributed by atoms with Gasteiger partial charge < -0.3 is 4.74 Å². The zero-order valence-corrected chi connectivity index (χ0v) is 12.6. The Morgan fingerprint density at radius 2 is 2.15 bits per heavy atom. The summed E-state index contributed by atoms with van der Waals surface area (Å²) < 4.78 is 5.10. The number of carbonyl (C=O) groups is 2. The second-order valence-corrected chi connectivity index (χ2v) is 6.50. The topological polar surface area (TPSA) is 43.4 Å². The Labute approximate surface area is 121 Å². The zero-order valence-electron chi connectivity index (χ0n) is 12.6. The van der Waals surface area contributed by atoms with Crippen LogP contribution >= 0.6 is 0 Å². The van der Waals surface area contributed by atoms with Crippen LogP contribution in [0.5, 0.6) is 0 Å². The lowest BCUT2D eigenvalue weighted by Gasteiger charge is -2.09. The smallest absolute Gasteiger partial charge is 0.302 e. The van der Waals surface area contributed by atoms with E-state index in [1.807, 2.05) is 0 Å². The van der Waals surface area contributed by atoms with Gasteiger partial charge in [-0.05, 0) is 48.2 Å². The van der Waals surface area contributed by atoms with E-state index in [-0.39, 0.29) is 11.8 Å². The average Bonchev–Trinajstić information content (AvgIpc) is 2.90. The molecule has 2 aliphatic carbocycles. The normalized spacial score (nSPS) is 33.1. The fraction of sp³-hybridized carbons (Fsp3) is 0.647. The molecule has 1 fully saturated rings. The quantitative estimate of drug-likeness (QED) is 0.573. The van der Waals surface area contributed by atoms with Crippen molar-refractivity contribution >= 4 is 11.8 Å². The van der Waals surface area contributed by atoms with E-state index in [4.69, 9.17) is 4.74 Å². The average molecular weight is 276 g/mol. The zero-order chi connectivity index (χ0) is 14.8. The Kier molecular flexibility index (Phi) is 4.46. The molecule has 0 saturated heterocycles. The summed E-state index contributed by atoms with van der Waals surface area (Å²) in [7, 11) is 0. The van der Waals surface area contributed by atoms with Crippen molar-refractivity contribution in [3.63, 3.8) is 0 Å². The Hall–Kier alpha value is -1.38. The molecule has 3 heteroatoms. The van der Waals surface area contributed by atoms with Gasteiger partial charge in [-0.2, -0.15) is 0 Å². The SMILES string of the molecule is CC(=O)OC/C1=C/CCC(=O)/C=C/[C@H]2[C@@H](CC1)C2(C)C. The molecule has 3 nitrogen and oxygen atoms in total. The van der Waals surface area contributed by atoms with Gasteiger partial charge in [-0.1, -0.05) is 26.0 Å². The number of allylic oxidation sites excluding steroid dienone is 3. The van der Waals surface area contributed by atoms with Crippen molar-refractivity contribution in [1.29, 1.82) is 0 Å². The van der Waals surface area contributed by atoms with Crippen LogP contribution in [0.4, 0.5) is 0 Å². The summed E-state index contributed by atoms with van der Waals surface area (Å²) in [6.45, 7) is 6.32. The Balaban J connectivity index is 2.04. The molecule has 0 N–H and O–H groups in total. The molecule has 0 bridgehead atoms. The number of ketones is 1. The maximum atomic E-state index is 11.8. The van der Waals surface area contributed by atoms with Crippen molar-refractivity contribution in [1.82, 2.24) is 0 Å². The first-order chi connectivity index (χ1) is 9.41. The Bertz CT molecular complexity index is 457. The molecule has 0 aromatic rings. The maximum absolute atomic E-state index is 11.8. The fourth-order valence-corrected chi connectivity index (χ4v) is 3.20. The van der Waals surface area contributed by atoms with E-state index in [0.717, 1.165) is 24.8 Å². The largest absolute Gasteiger partial charge is 0.461 e. The number of carbonyl (C=O) groups excluding carboxylic acids is 2. The van der Waals surface area contributed by atoms with Gasteiger partial charge in [0, 0.05) is 13.3 Å². The van der Waals surface area contributed by atoms with Gasteiger partial charge in [0.15, 0.2) is 5.78 Å². The molecule has 0 aromatic heterocycles. The molecule has 0 amide bonds. The summed E-state index contributed by atoms with van der Waals surface area (Å²) in [6, 6.07) is 0. The maximum Gasteiger partial charge on any atom is 0.302 e. The predicted molar refractivity (Wildman–Crippen MR) is 78.1 cm³/mol. The summed E-state index contributed by atoms with van der Waals surface area (Å²) in [6.07, 6.45) is 9.27. The van der Waals surface area contributed by atoms with Gasteiger partial charge in [0.05, 0.1) is 0 Å². The third-order valence-corrected chi connectivity index (χ3v) is 4.69. The van der Waals surface area contributed by atoms with E-state index in [2.05, 4.69) is 26.0 Å². The van der Waals surface area contributed by atoms with Crippen LogP contribution < -0.4 is 0 Å². The fourth-order valence-electron chi connectivity index (χ4n) is 3.20. The van der Waals surface area contributed by atoms with Gasteiger partial charge in [0.25, 0.3) is 0 Å². The van der Waals surface area contributed by atoms with Crippen LogP contribution in [-0.2, 0) is 14.3 Å². The number of hydrogen-bond acceptors (Lipinski definition) is 3. The first kappa shape index (κ1) is 15.0. The Morgan fingerprint density at radius 1 is 1.40 bits per heavy atom. The molecule has 20 heavy (non-hydrogen) atoms. The summed E-state index contributed by atoms with van der Waals surface area (Å²) in [5.74, 6) is 1.09. The number of esters is 1. The molecule has 110 valence electrons. The molecule has 2 atom stereocenters. The van der Waals surface area contributed by atoms with E-state index >= 15 is 0 Å². The second-order valence-electron chi connectivity index (χ2n) is 6.50. The van der Waals surface area contributed by atoms with E-state index in [9.17, 15) is 9.59 Å². The van der Waals surface area contributed by atoms with Crippen molar-refractivity contribution in [3.05, 3.63) is 23.8 Å². The molecule has 0 radical (unpaired) electrons. The highest BCUT2D eigenvalue weighted by atomic mass is 16.5. The number of ether oxygens (including phenoxy) is 1. The molecule has 2 rings (SSSR count). The van der Waals surface area contributed by atoms with Crippen LogP contribution in [0.25, 0.3) is 0 Å². The highest BCUT2D eigenvalue weighted by molar-refractivity contribution is 5.89. The number of rotatable bonds is 2. The van der Waals surface area contributed by atoms with E-state index in [1.54, 1.807) is 6.08 Å². The monoisotopic (exact) mass is 276 g/mol. The van der Waals surface area contributed by atoms with E-state index in [0.29, 0.717) is 30.3 Å². The summed E-state index contributed by atoms with van der Waals surface area (Å²) >= 11 is 0. The molecular formula is C17H24O3. The molecule has 0 unspecified atom stereocenters. The molecule has 2 aliphatic rings. The molecule has 1 saturated carbocycles. The van der Waals surface area contributed by atoms with Gasteiger partial charge in [0.1, 0.15) is 6.61 Å². The summed E-state index contributed by atoms with van der Waals surface area (Å²) in [4.78, 5) is 22.7. The second kappa shape index (κ2) is 5.94. The van der Waals surface area contributed by atoms with Crippen molar-refractivity contribution in [2.24, 2.45) is 17.3 Å². The molecule has 0 spiro atoms. The minimum atomic E-state index is -0.248. The van der Waals surface area contributed by atoms with Crippen LogP contribution in [0.2, 0.25) is 0 Å². The van der Waals surface area contributed by atoms with Crippen molar-refractivity contribution in [2.75, 3.05) is 6.61 Å². The van der Waals surface area contributed by atoms with E-state index < -0.39 is 0 Å². The molecular weight excluding hydrogens is 252 g/mol. The highest BCUT2D eigenvalue weighted by Crippen LogP contribution is 2.61. The van der Waals surface area contributed by atoms with E-state index in [1.165, 1.54) is 6.92 Å². The minimum Gasteiger partial charge on any atom is -0.461 e. The van der Waals surface area contributed by atoms with Gasteiger partial charge in [-0.25, -0.2) is 0 Å². The van der Waals surface area contributed by atoms with Crippen LogP contribution in [0, 0.1) is 17.3 Å².